The molecule has 1 aromatic rings. The highest BCUT2D eigenvalue weighted by molar-refractivity contribution is 5.83. The minimum atomic E-state index is -0.666. The molecule has 0 aliphatic rings. The Hall–Kier alpha value is -2.04. The van der Waals surface area contributed by atoms with E-state index in [1.807, 2.05) is 12.1 Å². The van der Waals surface area contributed by atoms with Gasteiger partial charge < -0.3 is 14.8 Å². The van der Waals surface area contributed by atoms with Crippen LogP contribution in [0.25, 0.3) is 0 Å². The van der Waals surface area contributed by atoms with E-state index in [1.165, 1.54) is 14.0 Å². The number of esters is 1. The molecule has 18 heavy (non-hydrogen) atoms. The number of rotatable bonds is 5. The average molecular weight is 251 g/mol. The largest absolute Gasteiger partial charge is 0.497 e. The number of hydrogen-bond donors (Lipinski definition) is 1. The molecule has 0 aliphatic carbocycles. The van der Waals surface area contributed by atoms with E-state index in [0.29, 0.717) is 6.42 Å². The Labute approximate surface area is 106 Å². The van der Waals surface area contributed by atoms with Crippen LogP contribution in [-0.4, -0.2) is 32.1 Å². The van der Waals surface area contributed by atoms with E-state index in [1.54, 1.807) is 19.2 Å². The van der Waals surface area contributed by atoms with E-state index >= 15 is 0 Å². The van der Waals surface area contributed by atoms with Crippen molar-refractivity contribution in [1.82, 2.24) is 5.32 Å². The van der Waals surface area contributed by atoms with E-state index in [9.17, 15) is 9.59 Å². The van der Waals surface area contributed by atoms with Crippen molar-refractivity contribution in [3.05, 3.63) is 29.8 Å². The highest BCUT2D eigenvalue weighted by Gasteiger charge is 2.20. The molecular formula is C13H17NO4. The predicted octanol–water partition coefficient (Wildman–Crippen LogP) is 0.915. The Morgan fingerprint density at radius 2 is 1.83 bits per heavy atom. The number of ether oxygens (including phenoxy) is 2. The lowest BCUT2D eigenvalue weighted by atomic mass is 10.1. The van der Waals surface area contributed by atoms with Crippen LogP contribution in [0, 0.1) is 0 Å². The maximum absolute atomic E-state index is 11.5. The third-order valence-electron chi connectivity index (χ3n) is 2.46. The summed E-state index contributed by atoms with van der Waals surface area (Å²) >= 11 is 0. The molecule has 0 aromatic heterocycles. The molecule has 5 heteroatoms. The Kier molecular flexibility index (Phi) is 5.17. The van der Waals surface area contributed by atoms with Crippen molar-refractivity contribution < 1.29 is 19.1 Å². The van der Waals surface area contributed by atoms with E-state index in [2.05, 4.69) is 10.1 Å². The van der Waals surface area contributed by atoms with Crippen molar-refractivity contribution in [2.75, 3.05) is 14.2 Å². The van der Waals surface area contributed by atoms with E-state index in [4.69, 9.17) is 4.74 Å². The van der Waals surface area contributed by atoms with Gasteiger partial charge in [0.15, 0.2) is 0 Å². The van der Waals surface area contributed by atoms with Crippen LogP contribution >= 0.6 is 0 Å². The molecule has 0 bridgehead atoms. The quantitative estimate of drug-likeness (QED) is 0.790. The highest BCUT2D eigenvalue weighted by atomic mass is 16.5. The molecule has 0 saturated heterocycles. The molecular weight excluding hydrogens is 234 g/mol. The highest BCUT2D eigenvalue weighted by Crippen LogP contribution is 2.13. The summed E-state index contributed by atoms with van der Waals surface area (Å²) in [7, 11) is 2.88. The number of carbonyl (C=O) groups is 2. The van der Waals surface area contributed by atoms with Gasteiger partial charge >= 0.3 is 5.97 Å². The Balaban J connectivity index is 2.75. The van der Waals surface area contributed by atoms with Crippen LogP contribution in [0.15, 0.2) is 24.3 Å². The summed E-state index contributed by atoms with van der Waals surface area (Å²) in [6, 6.07) is 6.63. The standard InChI is InChI=1S/C13H17NO4/c1-9(15)14-12(13(16)18-3)8-10-4-6-11(17-2)7-5-10/h4-7,12H,8H2,1-3H3,(H,14,15)/t12-/m1/s1. The molecule has 0 spiro atoms. The summed E-state index contributed by atoms with van der Waals surface area (Å²) < 4.78 is 9.70. The van der Waals surface area contributed by atoms with Crippen LogP contribution in [-0.2, 0) is 20.7 Å². The van der Waals surface area contributed by atoms with E-state index in [-0.39, 0.29) is 5.91 Å². The zero-order valence-corrected chi connectivity index (χ0v) is 10.7. The van der Waals surface area contributed by atoms with Gasteiger partial charge in [-0.2, -0.15) is 0 Å². The second-order valence-electron chi connectivity index (χ2n) is 3.83. The van der Waals surface area contributed by atoms with Crippen molar-refractivity contribution in [3.63, 3.8) is 0 Å². The maximum atomic E-state index is 11.5. The second-order valence-corrected chi connectivity index (χ2v) is 3.83. The van der Waals surface area contributed by atoms with Gasteiger partial charge in [0.05, 0.1) is 14.2 Å². The van der Waals surface area contributed by atoms with Crippen LogP contribution in [0.2, 0.25) is 0 Å². The first-order chi connectivity index (χ1) is 8.56. The Bertz CT molecular complexity index is 414. The second kappa shape index (κ2) is 6.64. The van der Waals surface area contributed by atoms with E-state index < -0.39 is 12.0 Å². The minimum absolute atomic E-state index is 0.265. The topological polar surface area (TPSA) is 64.6 Å². The van der Waals surface area contributed by atoms with Gasteiger partial charge in [-0.3, -0.25) is 4.79 Å². The molecule has 1 atom stereocenters. The summed E-state index contributed by atoms with van der Waals surface area (Å²) in [5.41, 5.74) is 0.917. The number of amides is 1. The number of hydrogen-bond acceptors (Lipinski definition) is 4. The number of methoxy groups -OCH3 is 2. The molecule has 1 N–H and O–H groups in total. The third-order valence-corrected chi connectivity index (χ3v) is 2.46. The fourth-order valence-electron chi connectivity index (χ4n) is 1.58. The Morgan fingerprint density at radius 3 is 2.28 bits per heavy atom. The summed E-state index contributed by atoms with van der Waals surface area (Å²) in [6.45, 7) is 1.37. The first kappa shape index (κ1) is 14.0. The van der Waals surface area contributed by atoms with Gasteiger partial charge in [-0.05, 0) is 17.7 Å². The minimum Gasteiger partial charge on any atom is -0.497 e. The molecule has 0 radical (unpaired) electrons. The van der Waals surface area contributed by atoms with Crippen molar-refractivity contribution in [2.45, 2.75) is 19.4 Å². The van der Waals surface area contributed by atoms with Crippen molar-refractivity contribution in [3.8, 4) is 5.75 Å². The lowest BCUT2D eigenvalue weighted by Gasteiger charge is -2.15. The molecule has 0 fully saturated rings. The monoisotopic (exact) mass is 251 g/mol. The van der Waals surface area contributed by atoms with Crippen molar-refractivity contribution >= 4 is 11.9 Å². The zero-order chi connectivity index (χ0) is 13.5. The fourth-order valence-corrected chi connectivity index (χ4v) is 1.58. The molecule has 1 aromatic carbocycles. The van der Waals surface area contributed by atoms with Crippen molar-refractivity contribution in [1.29, 1.82) is 0 Å². The van der Waals surface area contributed by atoms with Gasteiger partial charge in [0.1, 0.15) is 11.8 Å². The smallest absolute Gasteiger partial charge is 0.328 e. The predicted molar refractivity (Wildman–Crippen MR) is 66.3 cm³/mol. The zero-order valence-electron chi connectivity index (χ0n) is 10.7. The molecule has 1 rings (SSSR count). The lowest BCUT2D eigenvalue weighted by Crippen LogP contribution is -2.41. The summed E-state index contributed by atoms with van der Waals surface area (Å²) in [6.07, 6.45) is 0.385. The summed E-state index contributed by atoms with van der Waals surface area (Å²) in [5.74, 6) is 0.0211. The first-order valence-corrected chi connectivity index (χ1v) is 5.54. The van der Waals surface area contributed by atoms with Crippen LogP contribution in [0.4, 0.5) is 0 Å². The maximum Gasteiger partial charge on any atom is 0.328 e. The average Bonchev–Trinajstić information content (AvgIpc) is 2.37. The fraction of sp³-hybridized carbons (Fsp3) is 0.385. The first-order valence-electron chi connectivity index (χ1n) is 5.54. The molecule has 98 valence electrons. The number of nitrogens with one attached hydrogen (secondary N) is 1. The number of carbonyl (C=O) groups excluding carboxylic acids is 2. The van der Waals surface area contributed by atoms with Gasteiger partial charge in [-0.1, -0.05) is 12.1 Å². The lowest BCUT2D eigenvalue weighted by molar-refractivity contribution is -0.144. The van der Waals surface area contributed by atoms with Crippen LogP contribution in [0.1, 0.15) is 12.5 Å². The van der Waals surface area contributed by atoms with Gasteiger partial charge in [-0.25, -0.2) is 4.79 Å². The Morgan fingerprint density at radius 1 is 1.22 bits per heavy atom. The van der Waals surface area contributed by atoms with Crippen LogP contribution in [0.3, 0.4) is 0 Å². The summed E-state index contributed by atoms with van der Waals surface area (Å²) in [4.78, 5) is 22.5. The molecule has 0 saturated carbocycles. The normalized spacial score (nSPS) is 11.5. The van der Waals surface area contributed by atoms with Crippen LogP contribution in [0.5, 0.6) is 5.75 Å². The van der Waals surface area contributed by atoms with Crippen LogP contribution < -0.4 is 10.1 Å². The van der Waals surface area contributed by atoms with Gasteiger partial charge in [0.2, 0.25) is 5.91 Å². The van der Waals surface area contributed by atoms with Gasteiger partial charge in [0, 0.05) is 13.3 Å². The van der Waals surface area contributed by atoms with E-state index in [0.717, 1.165) is 11.3 Å². The van der Waals surface area contributed by atoms with Gasteiger partial charge in [0.25, 0.3) is 0 Å². The third kappa shape index (κ3) is 4.08. The molecule has 1 amide bonds. The number of benzene rings is 1. The molecule has 5 nitrogen and oxygen atoms in total. The molecule has 0 heterocycles. The molecule has 0 aliphatic heterocycles. The SMILES string of the molecule is COC(=O)[C@@H](Cc1ccc(OC)cc1)NC(C)=O. The van der Waals surface area contributed by atoms with Gasteiger partial charge in [-0.15, -0.1) is 0 Å². The summed E-state index contributed by atoms with van der Waals surface area (Å²) in [5, 5.41) is 2.56. The van der Waals surface area contributed by atoms with Crippen molar-refractivity contribution in [2.24, 2.45) is 0 Å². The molecule has 0 unspecified atom stereocenters.